The van der Waals surface area contributed by atoms with E-state index >= 15 is 0 Å². The Morgan fingerprint density at radius 1 is 1.56 bits per heavy atom. The highest BCUT2D eigenvalue weighted by Crippen LogP contribution is 1.79. The topological polar surface area (TPSA) is 38.4 Å². The second-order valence-electron chi connectivity index (χ2n) is 1.42. The van der Waals surface area contributed by atoms with Crippen molar-refractivity contribution in [3.63, 3.8) is 0 Å². The molecule has 0 aliphatic carbocycles. The second-order valence-corrected chi connectivity index (χ2v) is 1.42. The maximum Gasteiger partial charge on any atom is 0.0288 e. The molecule has 0 aliphatic heterocycles. The zero-order valence-corrected chi connectivity index (χ0v) is 5.25. The van der Waals surface area contributed by atoms with Crippen LogP contribution in [0, 0.1) is 0 Å². The molecule has 0 rings (SSSR count). The monoisotopic (exact) mass is 122 g/mol. The molecule has 0 bridgehead atoms. The van der Waals surface area contributed by atoms with Gasteiger partial charge in [0.25, 0.3) is 0 Å². The summed E-state index contributed by atoms with van der Waals surface area (Å²) in [7, 11) is 0. The molecule has 0 saturated carbocycles. The van der Waals surface area contributed by atoms with Crippen molar-refractivity contribution < 1.29 is 0 Å². The molecule has 0 saturated heterocycles. The number of aliphatic imine (C=N–C) groups is 1. The summed E-state index contributed by atoms with van der Waals surface area (Å²) >= 11 is 0. The van der Waals surface area contributed by atoms with Crippen molar-refractivity contribution in [1.82, 2.24) is 0 Å². The van der Waals surface area contributed by atoms with E-state index in [1.54, 1.807) is 24.6 Å². The molecule has 2 nitrogen and oxygen atoms in total. The van der Waals surface area contributed by atoms with E-state index in [1.165, 1.54) is 0 Å². The Balaban J connectivity index is 3.59. The predicted octanol–water partition coefficient (Wildman–Crippen LogP) is 1.23. The van der Waals surface area contributed by atoms with E-state index < -0.39 is 0 Å². The summed E-state index contributed by atoms with van der Waals surface area (Å²) < 4.78 is 0. The summed E-state index contributed by atoms with van der Waals surface area (Å²) in [5, 5.41) is 0. The van der Waals surface area contributed by atoms with E-state index in [-0.39, 0.29) is 0 Å². The Hall–Kier alpha value is -1.31. The summed E-state index contributed by atoms with van der Waals surface area (Å²) in [6.45, 7) is 6.88. The lowest BCUT2D eigenvalue weighted by atomic mass is 10.5. The van der Waals surface area contributed by atoms with Gasteiger partial charge in [-0.15, -0.1) is 0 Å². The lowest BCUT2D eigenvalue weighted by molar-refractivity contribution is 1.43. The van der Waals surface area contributed by atoms with Gasteiger partial charge in [-0.1, -0.05) is 19.2 Å². The van der Waals surface area contributed by atoms with Gasteiger partial charge in [-0.25, -0.2) is 0 Å². The largest absolute Gasteiger partial charge is 0.399 e. The van der Waals surface area contributed by atoms with E-state index in [0.29, 0.717) is 5.70 Å². The van der Waals surface area contributed by atoms with Crippen LogP contribution in [0.1, 0.15) is 0 Å². The van der Waals surface area contributed by atoms with Gasteiger partial charge in [0.1, 0.15) is 0 Å². The van der Waals surface area contributed by atoms with Gasteiger partial charge in [-0.3, -0.25) is 4.99 Å². The second kappa shape index (κ2) is 4.84. The van der Waals surface area contributed by atoms with Crippen LogP contribution in [0.25, 0.3) is 0 Å². The molecule has 48 valence electrons. The summed E-state index contributed by atoms with van der Waals surface area (Å²) in [4.78, 5) is 3.77. The minimum atomic E-state index is 0.496. The van der Waals surface area contributed by atoms with E-state index in [9.17, 15) is 0 Å². The van der Waals surface area contributed by atoms with Gasteiger partial charge in [-0.05, 0) is 6.08 Å². The Labute approximate surface area is 55.1 Å². The van der Waals surface area contributed by atoms with Crippen LogP contribution in [0.5, 0.6) is 0 Å². The first kappa shape index (κ1) is 7.69. The lowest BCUT2D eigenvalue weighted by Gasteiger charge is -1.80. The molecule has 2 N–H and O–H groups in total. The average Bonchev–Trinajstić information content (AvgIpc) is 1.80. The number of allylic oxidation sites excluding steroid dienone is 2. The molecule has 0 fully saturated rings. The zero-order chi connectivity index (χ0) is 7.11. The van der Waals surface area contributed by atoms with Gasteiger partial charge in [0.15, 0.2) is 0 Å². The molecule has 9 heavy (non-hydrogen) atoms. The maximum atomic E-state index is 5.19. The minimum absolute atomic E-state index is 0.496. The Kier molecular flexibility index (Phi) is 4.14. The first-order valence-corrected chi connectivity index (χ1v) is 2.52. The summed E-state index contributed by atoms with van der Waals surface area (Å²) in [6, 6.07) is 0. The summed E-state index contributed by atoms with van der Waals surface area (Å²) in [5.74, 6) is 0. The summed E-state index contributed by atoms with van der Waals surface area (Å²) in [6.07, 6.45) is 6.33. The number of nitrogens with two attached hydrogens (primary N) is 1. The van der Waals surface area contributed by atoms with Crippen molar-refractivity contribution in [2.24, 2.45) is 10.7 Å². The third-order valence-electron chi connectivity index (χ3n) is 0.566. The minimum Gasteiger partial charge on any atom is -0.399 e. The standard InChI is InChI=1S/C7H10N2/c1-3-5-9-6-4-7(2)8/h3-6H,1-2,8H2/b6-4-,9-5?. The van der Waals surface area contributed by atoms with Gasteiger partial charge in [0, 0.05) is 18.1 Å². The molecule has 0 spiro atoms. The van der Waals surface area contributed by atoms with Crippen LogP contribution in [0.4, 0.5) is 0 Å². The fourth-order valence-corrected chi connectivity index (χ4v) is 0.249. The molecule has 0 amide bonds. The van der Waals surface area contributed by atoms with Crippen molar-refractivity contribution in [2.75, 3.05) is 0 Å². The molecule has 0 unspecified atom stereocenters. The van der Waals surface area contributed by atoms with Crippen LogP contribution in [0.3, 0.4) is 0 Å². The highest BCUT2D eigenvalue weighted by molar-refractivity contribution is 5.70. The zero-order valence-electron chi connectivity index (χ0n) is 5.25. The van der Waals surface area contributed by atoms with E-state index in [0.717, 1.165) is 0 Å². The van der Waals surface area contributed by atoms with E-state index in [2.05, 4.69) is 18.2 Å². The van der Waals surface area contributed by atoms with Crippen LogP contribution in [0.15, 0.2) is 42.2 Å². The van der Waals surface area contributed by atoms with Gasteiger partial charge >= 0.3 is 0 Å². The first-order valence-electron chi connectivity index (χ1n) is 2.52. The highest BCUT2D eigenvalue weighted by atomic mass is 14.7. The Morgan fingerprint density at radius 3 is 2.67 bits per heavy atom. The van der Waals surface area contributed by atoms with Crippen molar-refractivity contribution in [3.8, 4) is 0 Å². The van der Waals surface area contributed by atoms with Gasteiger partial charge in [0.05, 0.1) is 0 Å². The molecule has 0 radical (unpaired) electrons. The van der Waals surface area contributed by atoms with Gasteiger partial charge < -0.3 is 5.73 Å². The molecule has 0 aromatic carbocycles. The van der Waals surface area contributed by atoms with Crippen LogP contribution >= 0.6 is 0 Å². The van der Waals surface area contributed by atoms with Crippen molar-refractivity contribution in [3.05, 3.63) is 37.2 Å². The third kappa shape index (κ3) is 6.69. The van der Waals surface area contributed by atoms with Crippen molar-refractivity contribution in [2.45, 2.75) is 0 Å². The van der Waals surface area contributed by atoms with Gasteiger partial charge in [0.2, 0.25) is 0 Å². The van der Waals surface area contributed by atoms with Crippen LogP contribution in [-0.2, 0) is 0 Å². The predicted molar refractivity (Wildman–Crippen MR) is 41.2 cm³/mol. The average molecular weight is 122 g/mol. The van der Waals surface area contributed by atoms with Crippen LogP contribution < -0.4 is 5.73 Å². The molecule has 0 aromatic rings. The normalized spacial score (nSPS) is 10.7. The highest BCUT2D eigenvalue weighted by Gasteiger charge is 1.67. The number of hydrogen-bond acceptors (Lipinski definition) is 2. The van der Waals surface area contributed by atoms with Gasteiger partial charge in [-0.2, -0.15) is 0 Å². The van der Waals surface area contributed by atoms with E-state index in [1.807, 2.05) is 0 Å². The fourth-order valence-electron chi connectivity index (χ4n) is 0.249. The Bertz CT molecular complexity index is 154. The Morgan fingerprint density at radius 2 is 2.22 bits per heavy atom. The first-order chi connectivity index (χ1) is 4.27. The van der Waals surface area contributed by atoms with Crippen LogP contribution in [-0.4, -0.2) is 6.21 Å². The number of nitrogens with zero attached hydrogens (tertiary/aromatic N) is 1. The van der Waals surface area contributed by atoms with Crippen molar-refractivity contribution >= 4 is 6.21 Å². The van der Waals surface area contributed by atoms with Crippen molar-refractivity contribution in [1.29, 1.82) is 0 Å². The quantitative estimate of drug-likeness (QED) is 0.443. The molecule has 0 aromatic heterocycles. The molecule has 0 atom stereocenters. The smallest absolute Gasteiger partial charge is 0.0288 e. The fraction of sp³-hybridized carbons (Fsp3) is 0. The van der Waals surface area contributed by atoms with Crippen LogP contribution in [0.2, 0.25) is 0 Å². The van der Waals surface area contributed by atoms with E-state index in [4.69, 9.17) is 5.73 Å². The molecule has 2 heteroatoms. The maximum absolute atomic E-state index is 5.19. The summed E-state index contributed by atoms with van der Waals surface area (Å²) in [5.41, 5.74) is 5.69. The SMILES string of the molecule is C=CC=N/C=C\C(=C)N. The molecular weight excluding hydrogens is 112 g/mol. The number of hydrogen-bond donors (Lipinski definition) is 1. The molecular formula is C7H10N2. The number of rotatable bonds is 3. The third-order valence-corrected chi connectivity index (χ3v) is 0.566. The lowest BCUT2D eigenvalue weighted by Crippen LogP contribution is -1.87. The molecule has 0 aliphatic rings. The molecule has 0 heterocycles.